The van der Waals surface area contributed by atoms with Crippen LogP contribution in [0.25, 0.3) is 0 Å². The minimum atomic E-state index is -2.58. The zero-order valence-corrected chi connectivity index (χ0v) is 10.2. The standard InChI is InChI=1S/C8H21NO3Si/c1-6-7-9-13(10-4,11-5)12-8(2)3/h8-9H,6-7H2,1-5H3. The van der Waals surface area contributed by atoms with Crippen LogP contribution in [0.1, 0.15) is 27.2 Å². The molecule has 0 heterocycles. The summed E-state index contributed by atoms with van der Waals surface area (Å²) in [6.45, 7) is 6.87. The van der Waals surface area contributed by atoms with Gasteiger partial charge in [0.25, 0.3) is 0 Å². The van der Waals surface area contributed by atoms with Crippen molar-refractivity contribution in [2.24, 2.45) is 0 Å². The van der Waals surface area contributed by atoms with Gasteiger partial charge in [-0.2, -0.15) is 0 Å². The summed E-state index contributed by atoms with van der Waals surface area (Å²) in [5.41, 5.74) is 0. The van der Waals surface area contributed by atoms with Crippen molar-refractivity contribution in [3.63, 3.8) is 0 Å². The smallest absolute Gasteiger partial charge is 0.364 e. The SMILES string of the molecule is CCCN[Si](OC)(OC)OC(C)C. The predicted molar refractivity (Wildman–Crippen MR) is 54.3 cm³/mol. The first-order valence-electron chi connectivity index (χ1n) is 4.63. The molecule has 5 heteroatoms. The number of hydrogen-bond donors (Lipinski definition) is 1. The van der Waals surface area contributed by atoms with E-state index in [4.69, 9.17) is 13.3 Å². The summed E-state index contributed by atoms with van der Waals surface area (Å²) >= 11 is 0. The normalized spacial score (nSPS) is 12.5. The van der Waals surface area contributed by atoms with Gasteiger partial charge in [0.2, 0.25) is 0 Å². The summed E-state index contributed by atoms with van der Waals surface area (Å²) in [7, 11) is 0.646. The van der Waals surface area contributed by atoms with E-state index in [0.29, 0.717) is 0 Å². The van der Waals surface area contributed by atoms with Gasteiger partial charge in [0.1, 0.15) is 0 Å². The minimum Gasteiger partial charge on any atom is -0.364 e. The highest BCUT2D eigenvalue weighted by atomic mass is 28.4. The molecule has 0 aliphatic heterocycles. The van der Waals surface area contributed by atoms with Gasteiger partial charge in [-0.05, 0) is 26.8 Å². The Morgan fingerprint density at radius 3 is 2.08 bits per heavy atom. The van der Waals surface area contributed by atoms with Crippen LogP contribution in [0.4, 0.5) is 0 Å². The van der Waals surface area contributed by atoms with Crippen LogP contribution in [0.5, 0.6) is 0 Å². The van der Waals surface area contributed by atoms with Gasteiger partial charge in [0, 0.05) is 20.3 Å². The van der Waals surface area contributed by atoms with E-state index in [2.05, 4.69) is 11.9 Å². The van der Waals surface area contributed by atoms with Gasteiger partial charge in [-0.3, -0.25) is 4.98 Å². The molecule has 0 atom stereocenters. The first-order chi connectivity index (χ1) is 6.10. The van der Waals surface area contributed by atoms with Gasteiger partial charge in [0.05, 0.1) is 0 Å². The molecule has 0 amide bonds. The Bertz CT molecular complexity index is 129. The van der Waals surface area contributed by atoms with E-state index in [1.807, 2.05) is 13.8 Å². The van der Waals surface area contributed by atoms with Crippen molar-refractivity contribution in [2.75, 3.05) is 20.8 Å². The Labute approximate surface area is 82.0 Å². The maximum atomic E-state index is 5.62. The molecule has 0 saturated heterocycles. The van der Waals surface area contributed by atoms with Crippen molar-refractivity contribution in [3.05, 3.63) is 0 Å². The molecule has 0 saturated carbocycles. The average Bonchev–Trinajstić information content (AvgIpc) is 2.12. The summed E-state index contributed by atoms with van der Waals surface area (Å²) in [5, 5.41) is 0. The molecule has 0 bridgehead atoms. The average molecular weight is 207 g/mol. The summed E-state index contributed by atoms with van der Waals surface area (Å²) in [5.74, 6) is 0. The van der Waals surface area contributed by atoms with Crippen molar-refractivity contribution >= 4 is 8.97 Å². The Balaban J connectivity index is 4.13. The highest BCUT2D eigenvalue weighted by molar-refractivity contribution is 6.57. The van der Waals surface area contributed by atoms with Crippen molar-refractivity contribution in [1.29, 1.82) is 0 Å². The molecule has 0 aromatic heterocycles. The van der Waals surface area contributed by atoms with Crippen LogP contribution in [0.2, 0.25) is 0 Å². The summed E-state index contributed by atoms with van der Waals surface area (Å²) in [6, 6.07) is 0. The lowest BCUT2D eigenvalue weighted by Gasteiger charge is -2.28. The van der Waals surface area contributed by atoms with Gasteiger partial charge >= 0.3 is 8.97 Å². The first kappa shape index (κ1) is 13.1. The van der Waals surface area contributed by atoms with Gasteiger partial charge in [-0.15, -0.1) is 0 Å². The quantitative estimate of drug-likeness (QED) is 0.636. The molecular formula is C8H21NO3Si. The third-order valence-electron chi connectivity index (χ3n) is 1.52. The minimum absolute atomic E-state index is 0.107. The fourth-order valence-corrected chi connectivity index (χ4v) is 2.86. The second kappa shape index (κ2) is 6.50. The molecule has 0 rings (SSSR count). The topological polar surface area (TPSA) is 39.7 Å². The molecular weight excluding hydrogens is 186 g/mol. The van der Waals surface area contributed by atoms with E-state index >= 15 is 0 Å². The van der Waals surface area contributed by atoms with Crippen LogP contribution in [-0.2, 0) is 13.3 Å². The van der Waals surface area contributed by atoms with E-state index in [1.54, 1.807) is 14.2 Å². The highest BCUT2D eigenvalue weighted by Crippen LogP contribution is 2.06. The van der Waals surface area contributed by atoms with Gasteiger partial charge < -0.3 is 13.3 Å². The van der Waals surface area contributed by atoms with Gasteiger partial charge in [-0.25, -0.2) is 0 Å². The van der Waals surface area contributed by atoms with Gasteiger partial charge in [0.15, 0.2) is 0 Å². The predicted octanol–water partition coefficient (Wildman–Crippen LogP) is 1.14. The second-order valence-electron chi connectivity index (χ2n) is 3.06. The molecule has 80 valence electrons. The van der Waals surface area contributed by atoms with Crippen LogP contribution >= 0.6 is 0 Å². The summed E-state index contributed by atoms with van der Waals surface area (Å²) in [4.78, 5) is 3.19. The monoisotopic (exact) mass is 207 g/mol. The van der Waals surface area contributed by atoms with E-state index in [1.165, 1.54) is 0 Å². The van der Waals surface area contributed by atoms with Crippen LogP contribution in [-0.4, -0.2) is 35.8 Å². The Morgan fingerprint density at radius 1 is 1.23 bits per heavy atom. The van der Waals surface area contributed by atoms with Crippen LogP contribution in [0, 0.1) is 0 Å². The lowest BCUT2D eigenvalue weighted by Crippen LogP contribution is -2.59. The maximum absolute atomic E-state index is 5.62. The molecule has 13 heavy (non-hydrogen) atoms. The maximum Gasteiger partial charge on any atom is 0.596 e. The second-order valence-corrected chi connectivity index (χ2v) is 5.58. The molecule has 0 aromatic carbocycles. The van der Waals surface area contributed by atoms with Crippen LogP contribution < -0.4 is 4.98 Å². The largest absolute Gasteiger partial charge is 0.596 e. The molecule has 0 aromatic rings. The Morgan fingerprint density at radius 2 is 1.77 bits per heavy atom. The van der Waals surface area contributed by atoms with Crippen LogP contribution in [0.3, 0.4) is 0 Å². The third kappa shape index (κ3) is 4.73. The van der Waals surface area contributed by atoms with Crippen molar-refractivity contribution in [2.45, 2.75) is 33.3 Å². The number of hydrogen-bond acceptors (Lipinski definition) is 4. The number of nitrogens with one attached hydrogen (secondary N) is 1. The van der Waals surface area contributed by atoms with Crippen molar-refractivity contribution in [3.8, 4) is 0 Å². The Kier molecular flexibility index (Phi) is 6.53. The molecule has 4 nitrogen and oxygen atoms in total. The van der Waals surface area contributed by atoms with Crippen LogP contribution in [0.15, 0.2) is 0 Å². The fourth-order valence-electron chi connectivity index (χ4n) is 0.954. The molecule has 0 spiro atoms. The highest BCUT2D eigenvalue weighted by Gasteiger charge is 2.40. The molecule has 0 radical (unpaired) electrons. The molecule has 1 N–H and O–H groups in total. The lowest BCUT2D eigenvalue weighted by molar-refractivity contribution is 0.0592. The zero-order valence-electron chi connectivity index (χ0n) is 9.22. The van der Waals surface area contributed by atoms with E-state index in [0.717, 1.165) is 13.0 Å². The zero-order chi connectivity index (χ0) is 10.3. The van der Waals surface area contributed by atoms with Crippen molar-refractivity contribution in [1.82, 2.24) is 4.98 Å². The van der Waals surface area contributed by atoms with E-state index in [-0.39, 0.29) is 6.10 Å². The summed E-state index contributed by atoms with van der Waals surface area (Å²) in [6.07, 6.45) is 1.14. The fraction of sp³-hybridized carbons (Fsp3) is 1.00. The van der Waals surface area contributed by atoms with Crippen molar-refractivity contribution < 1.29 is 13.3 Å². The summed E-state index contributed by atoms with van der Waals surface area (Å²) < 4.78 is 16.2. The molecule has 0 aliphatic carbocycles. The van der Waals surface area contributed by atoms with E-state index < -0.39 is 8.97 Å². The number of rotatable bonds is 7. The molecule has 0 fully saturated rings. The van der Waals surface area contributed by atoms with Gasteiger partial charge in [-0.1, -0.05) is 6.92 Å². The molecule has 0 aliphatic rings. The third-order valence-corrected chi connectivity index (χ3v) is 4.06. The Hall–Kier alpha value is 0.0569. The molecule has 0 unspecified atom stereocenters. The lowest BCUT2D eigenvalue weighted by atomic mass is 10.5. The van der Waals surface area contributed by atoms with E-state index in [9.17, 15) is 0 Å². The first-order valence-corrected chi connectivity index (χ1v) is 6.35.